The molecule has 0 saturated heterocycles. The quantitative estimate of drug-likeness (QED) is 0.756. The van der Waals surface area contributed by atoms with Crippen molar-refractivity contribution in [2.45, 2.75) is 45.6 Å². The third kappa shape index (κ3) is 6.06. The van der Waals surface area contributed by atoms with Crippen LogP contribution in [0.25, 0.3) is 0 Å². The molecule has 3 nitrogen and oxygen atoms in total. The van der Waals surface area contributed by atoms with Crippen molar-refractivity contribution in [2.24, 2.45) is 11.7 Å². The van der Waals surface area contributed by atoms with Crippen molar-refractivity contribution in [3.8, 4) is 0 Å². The normalized spacial score (nSPS) is 13.8. The highest BCUT2D eigenvalue weighted by molar-refractivity contribution is 9.10. The molecule has 1 aromatic carbocycles. The molecule has 4 heteroatoms. The fourth-order valence-electron chi connectivity index (χ4n) is 2.19. The summed E-state index contributed by atoms with van der Waals surface area (Å²) in [6, 6.07) is 8.21. The van der Waals surface area contributed by atoms with Gasteiger partial charge in [-0.2, -0.15) is 0 Å². The number of halogens is 1. The fourth-order valence-corrected chi connectivity index (χ4v) is 2.45. The summed E-state index contributed by atoms with van der Waals surface area (Å²) in [6.45, 7) is 4.93. The molecule has 0 aromatic heterocycles. The molecule has 2 unspecified atom stereocenters. The summed E-state index contributed by atoms with van der Waals surface area (Å²) in [5, 5.41) is 3.11. The van der Waals surface area contributed by atoms with E-state index in [4.69, 9.17) is 5.73 Å². The highest BCUT2D eigenvalue weighted by Gasteiger charge is 2.13. The van der Waals surface area contributed by atoms with Crippen LogP contribution in [0.2, 0.25) is 0 Å². The van der Waals surface area contributed by atoms with E-state index >= 15 is 0 Å². The molecule has 2 atom stereocenters. The molecule has 3 N–H and O–H groups in total. The molecule has 0 spiro atoms. The number of rotatable bonds is 8. The molecule has 0 bridgehead atoms. The topological polar surface area (TPSA) is 55.1 Å². The van der Waals surface area contributed by atoms with Crippen LogP contribution in [0, 0.1) is 5.92 Å². The van der Waals surface area contributed by atoms with E-state index in [-0.39, 0.29) is 11.9 Å². The number of carbonyl (C=O) groups is 1. The molecule has 112 valence electrons. The Labute approximate surface area is 130 Å². The van der Waals surface area contributed by atoms with Gasteiger partial charge in [-0.25, -0.2) is 0 Å². The van der Waals surface area contributed by atoms with E-state index in [2.05, 4.69) is 47.2 Å². The maximum Gasteiger partial charge on any atom is 0.220 e. The summed E-state index contributed by atoms with van der Waals surface area (Å²) in [4.78, 5) is 12.0. The maximum absolute atomic E-state index is 12.0. The Balaban J connectivity index is 2.47. The summed E-state index contributed by atoms with van der Waals surface area (Å²) < 4.78 is 1.05. The lowest BCUT2D eigenvalue weighted by Gasteiger charge is -2.18. The number of nitrogens with two attached hydrogens (primary N) is 1. The molecule has 0 aliphatic carbocycles. The number of benzene rings is 1. The average Bonchev–Trinajstić information content (AvgIpc) is 2.44. The van der Waals surface area contributed by atoms with Crippen LogP contribution in [0.4, 0.5) is 0 Å². The van der Waals surface area contributed by atoms with Crippen LogP contribution >= 0.6 is 15.9 Å². The molecular formula is C16H25BrN2O. The van der Waals surface area contributed by atoms with Gasteiger partial charge in [0.15, 0.2) is 0 Å². The van der Waals surface area contributed by atoms with Gasteiger partial charge in [0.25, 0.3) is 0 Å². The van der Waals surface area contributed by atoms with Crippen molar-refractivity contribution in [3.63, 3.8) is 0 Å². The van der Waals surface area contributed by atoms with E-state index in [1.54, 1.807) is 0 Å². The van der Waals surface area contributed by atoms with Crippen molar-refractivity contribution in [3.05, 3.63) is 34.3 Å². The molecule has 0 fully saturated rings. The first-order valence-corrected chi connectivity index (χ1v) is 8.11. The van der Waals surface area contributed by atoms with Crippen LogP contribution < -0.4 is 11.1 Å². The average molecular weight is 341 g/mol. The largest absolute Gasteiger partial charge is 0.349 e. The van der Waals surface area contributed by atoms with Gasteiger partial charge in [-0.15, -0.1) is 0 Å². The van der Waals surface area contributed by atoms with Gasteiger partial charge in [-0.05, 0) is 49.4 Å². The zero-order chi connectivity index (χ0) is 15.0. The summed E-state index contributed by atoms with van der Waals surface area (Å²) in [7, 11) is 0. The fraction of sp³-hybridized carbons (Fsp3) is 0.562. The van der Waals surface area contributed by atoms with Crippen LogP contribution in [0.15, 0.2) is 28.7 Å². The summed E-state index contributed by atoms with van der Waals surface area (Å²) in [6.07, 6.45) is 3.36. The molecule has 0 aliphatic heterocycles. The Morgan fingerprint density at radius 2 is 1.95 bits per heavy atom. The number of carbonyl (C=O) groups excluding carboxylic acids is 1. The molecule has 20 heavy (non-hydrogen) atoms. The van der Waals surface area contributed by atoms with Crippen molar-refractivity contribution in [1.29, 1.82) is 0 Å². The van der Waals surface area contributed by atoms with Crippen LogP contribution in [-0.4, -0.2) is 12.5 Å². The van der Waals surface area contributed by atoms with E-state index in [0.717, 1.165) is 29.3 Å². The second-order valence-electron chi connectivity index (χ2n) is 5.30. The van der Waals surface area contributed by atoms with Gasteiger partial charge in [-0.3, -0.25) is 4.79 Å². The van der Waals surface area contributed by atoms with Crippen LogP contribution in [0.1, 0.15) is 51.1 Å². The lowest BCUT2D eigenvalue weighted by Crippen LogP contribution is -2.28. The molecule has 1 amide bonds. The summed E-state index contributed by atoms with van der Waals surface area (Å²) in [5.74, 6) is 0.641. The van der Waals surface area contributed by atoms with Gasteiger partial charge >= 0.3 is 0 Å². The summed E-state index contributed by atoms with van der Waals surface area (Å²) in [5.41, 5.74) is 6.67. The van der Waals surface area contributed by atoms with E-state index in [1.165, 1.54) is 0 Å². The predicted octanol–water partition coefficient (Wildman–Crippen LogP) is 3.78. The predicted molar refractivity (Wildman–Crippen MR) is 87.4 cm³/mol. The van der Waals surface area contributed by atoms with E-state index < -0.39 is 0 Å². The lowest BCUT2D eigenvalue weighted by molar-refractivity contribution is -0.122. The number of amides is 1. The molecule has 0 saturated carbocycles. The van der Waals surface area contributed by atoms with Gasteiger partial charge < -0.3 is 11.1 Å². The smallest absolute Gasteiger partial charge is 0.220 e. The number of hydrogen-bond donors (Lipinski definition) is 2. The van der Waals surface area contributed by atoms with E-state index in [1.807, 2.05) is 12.1 Å². The lowest BCUT2D eigenvalue weighted by atomic mass is 10.0. The Kier molecular flexibility index (Phi) is 7.85. The van der Waals surface area contributed by atoms with Crippen molar-refractivity contribution in [1.82, 2.24) is 5.32 Å². The number of hydrogen-bond acceptors (Lipinski definition) is 2. The molecular weight excluding hydrogens is 316 g/mol. The molecule has 0 heterocycles. The van der Waals surface area contributed by atoms with Crippen LogP contribution in [-0.2, 0) is 4.79 Å². The zero-order valence-corrected chi connectivity index (χ0v) is 13.9. The van der Waals surface area contributed by atoms with Gasteiger partial charge in [0.1, 0.15) is 0 Å². The highest BCUT2D eigenvalue weighted by atomic mass is 79.9. The number of nitrogens with one attached hydrogen (secondary N) is 1. The molecule has 0 aliphatic rings. The third-order valence-corrected chi connectivity index (χ3v) is 4.07. The van der Waals surface area contributed by atoms with Crippen LogP contribution in [0.3, 0.4) is 0 Å². The highest BCUT2D eigenvalue weighted by Crippen LogP contribution is 2.20. The molecule has 1 aromatic rings. The SMILES string of the molecule is CCC(NC(=O)CCC(C)CCN)c1ccc(Br)cc1. The van der Waals surface area contributed by atoms with Gasteiger partial charge in [0, 0.05) is 10.9 Å². The second-order valence-corrected chi connectivity index (χ2v) is 6.22. The third-order valence-electron chi connectivity index (χ3n) is 3.54. The minimum atomic E-state index is 0.0976. The second kappa shape index (κ2) is 9.14. The standard InChI is InChI=1S/C16H25BrN2O/c1-3-15(13-5-7-14(17)8-6-13)19-16(20)9-4-12(2)10-11-18/h5-8,12,15H,3-4,9-11,18H2,1-2H3,(H,19,20). The first kappa shape index (κ1) is 17.2. The van der Waals surface area contributed by atoms with Crippen molar-refractivity contribution in [2.75, 3.05) is 6.54 Å². The first-order chi connectivity index (χ1) is 9.56. The zero-order valence-electron chi connectivity index (χ0n) is 12.4. The van der Waals surface area contributed by atoms with Crippen LogP contribution in [0.5, 0.6) is 0 Å². The Hall–Kier alpha value is -0.870. The minimum absolute atomic E-state index is 0.0976. The van der Waals surface area contributed by atoms with E-state index in [0.29, 0.717) is 18.9 Å². The Morgan fingerprint density at radius 1 is 1.30 bits per heavy atom. The molecule has 1 rings (SSSR count). The maximum atomic E-state index is 12.0. The first-order valence-electron chi connectivity index (χ1n) is 7.31. The Bertz CT molecular complexity index is 405. The van der Waals surface area contributed by atoms with Gasteiger partial charge in [0.2, 0.25) is 5.91 Å². The molecule has 0 radical (unpaired) electrons. The van der Waals surface area contributed by atoms with Crippen molar-refractivity contribution >= 4 is 21.8 Å². The Morgan fingerprint density at radius 3 is 2.50 bits per heavy atom. The van der Waals surface area contributed by atoms with Gasteiger partial charge in [0.05, 0.1) is 6.04 Å². The van der Waals surface area contributed by atoms with Crippen molar-refractivity contribution < 1.29 is 4.79 Å². The summed E-state index contributed by atoms with van der Waals surface area (Å²) >= 11 is 3.43. The van der Waals surface area contributed by atoms with Gasteiger partial charge in [-0.1, -0.05) is 41.9 Å². The monoisotopic (exact) mass is 340 g/mol. The van der Waals surface area contributed by atoms with E-state index in [9.17, 15) is 4.79 Å². The minimum Gasteiger partial charge on any atom is -0.349 e.